The molecule has 3 aromatic carbocycles. The molecule has 6 nitrogen and oxygen atoms in total. The molecule has 0 spiro atoms. The zero-order valence-corrected chi connectivity index (χ0v) is 18.5. The molecule has 1 amide bonds. The molecule has 0 aliphatic carbocycles. The minimum absolute atomic E-state index is 0.181. The summed E-state index contributed by atoms with van der Waals surface area (Å²) in [5.74, 6) is -0.121. The third kappa shape index (κ3) is 4.00. The van der Waals surface area contributed by atoms with Gasteiger partial charge in [0.05, 0.1) is 16.6 Å². The highest BCUT2D eigenvalue weighted by molar-refractivity contribution is 6.02. The van der Waals surface area contributed by atoms with Crippen molar-refractivity contribution >= 4 is 28.6 Å². The third-order valence-corrected chi connectivity index (χ3v) is 6.06. The Morgan fingerprint density at radius 2 is 1.79 bits per heavy atom. The Balaban J connectivity index is 1.41. The van der Waals surface area contributed by atoms with Crippen molar-refractivity contribution in [1.29, 1.82) is 0 Å². The number of esters is 1. The second-order valence-corrected chi connectivity index (χ2v) is 8.17. The lowest BCUT2D eigenvalue weighted by Crippen LogP contribution is -2.43. The molecule has 0 saturated heterocycles. The summed E-state index contributed by atoms with van der Waals surface area (Å²) >= 11 is 0. The van der Waals surface area contributed by atoms with E-state index in [1.165, 1.54) is 0 Å². The average molecular weight is 440 g/mol. The number of anilines is 1. The van der Waals surface area contributed by atoms with Crippen molar-refractivity contribution in [2.45, 2.75) is 32.3 Å². The van der Waals surface area contributed by atoms with Crippen molar-refractivity contribution in [2.24, 2.45) is 0 Å². The molecule has 0 radical (unpaired) electrons. The summed E-state index contributed by atoms with van der Waals surface area (Å²) in [5, 5.41) is 0. The molecule has 1 aromatic heterocycles. The maximum atomic E-state index is 13.4. The predicted octanol–water partition coefficient (Wildman–Crippen LogP) is 5.14. The first-order valence-electron chi connectivity index (χ1n) is 11.3. The normalized spacial score (nSPS) is 14.0. The monoisotopic (exact) mass is 439 g/mol. The van der Waals surface area contributed by atoms with E-state index in [1.54, 1.807) is 17.0 Å². The Morgan fingerprint density at radius 3 is 2.64 bits per heavy atom. The summed E-state index contributed by atoms with van der Waals surface area (Å²) in [6.45, 7) is 2.48. The Labute approximate surface area is 192 Å². The van der Waals surface area contributed by atoms with Crippen LogP contribution in [-0.4, -0.2) is 34.5 Å². The van der Waals surface area contributed by atoms with Gasteiger partial charge in [-0.15, -0.1) is 0 Å². The number of nitrogens with one attached hydrogen (secondary N) is 1. The number of benzene rings is 3. The van der Waals surface area contributed by atoms with Crippen LogP contribution >= 0.6 is 0 Å². The quantitative estimate of drug-likeness (QED) is 0.437. The molecule has 2 heterocycles. The van der Waals surface area contributed by atoms with E-state index in [2.05, 4.69) is 9.97 Å². The second-order valence-electron chi connectivity index (χ2n) is 8.17. The Hall–Kier alpha value is -3.93. The van der Waals surface area contributed by atoms with Crippen LogP contribution in [0.2, 0.25) is 0 Å². The summed E-state index contributed by atoms with van der Waals surface area (Å²) in [7, 11) is 0. The van der Waals surface area contributed by atoms with Crippen molar-refractivity contribution in [3.8, 4) is 11.4 Å². The molecule has 1 unspecified atom stereocenters. The fraction of sp³-hybridized carbons (Fsp3) is 0.222. The first-order valence-corrected chi connectivity index (χ1v) is 11.3. The summed E-state index contributed by atoms with van der Waals surface area (Å²) in [6, 6.07) is 22.8. The number of aromatic amines is 1. The van der Waals surface area contributed by atoms with Crippen molar-refractivity contribution in [1.82, 2.24) is 9.97 Å². The number of carbonyl (C=O) groups excluding carboxylic acids is 2. The maximum Gasteiger partial charge on any atom is 0.339 e. The highest BCUT2D eigenvalue weighted by Crippen LogP contribution is 2.29. The molecule has 5 rings (SSSR count). The topological polar surface area (TPSA) is 75.3 Å². The Morgan fingerprint density at radius 1 is 1.03 bits per heavy atom. The first-order chi connectivity index (χ1) is 16.2. The zero-order valence-electron chi connectivity index (χ0n) is 18.5. The summed E-state index contributed by atoms with van der Waals surface area (Å²) in [5.41, 5.74) is 4.78. The summed E-state index contributed by atoms with van der Waals surface area (Å²) < 4.78 is 5.78. The molecular formula is C27H25N3O3. The van der Waals surface area contributed by atoms with E-state index < -0.39 is 12.1 Å². The number of carbonyl (C=O) groups is 2. The van der Waals surface area contributed by atoms with E-state index in [-0.39, 0.29) is 5.91 Å². The number of amides is 1. The van der Waals surface area contributed by atoms with Gasteiger partial charge in [0.1, 0.15) is 5.82 Å². The Kier molecular flexibility index (Phi) is 5.65. The number of imidazole rings is 1. The van der Waals surface area contributed by atoms with Gasteiger partial charge in [-0.05, 0) is 49.1 Å². The maximum absolute atomic E-state index is 13.4. The lowest BCUT2D eigenvalue weighted by molar-refractivity contribution is -0.127. The number of ether oxygens (including phenoxy) is 1. The van der Waals surface area contributed by atoms with Gasteiger partial charge in [-0.2, -0.15) is 0 Å². The molecule has 6 heteroatoms. The minimum Gasteiger partial charge on any atom is -0.449 e. The number of aryl methyl sites for hydroxylation is 1. The fourth-order valence-corrected chi connectivity index (χ4v) is 4.39. The lowest BCUT2D eigenvalue weighted by Gasteiger charge is -2.32. The molecule has 0 fully saturated rings. The molecule has 1 N–H and O–H groups in total. The number of para-hydroxylation sites is 3. The minimum atomic E-state index is -0.854. The van der Waals surface area contributed by atoms with Gasteiger partial charge >= 0.3 is 5.97 Å². The largest absolute Gasteiger partial charge is 0.449 e. The van der Waals surface area contributed by atoms with E-state index in [4.69, 9.17) is 4.74 Å². The number of rotatable bonds is 5. The van der Waals surface area contributed by atoms with Gasteiger partial charge in [-0.3, -0.25) is 4.79 Å². The molecule has 0 bridgehead atoms. The van der Waals surface area contributed by atoms with Crippen molar-refractivity contribution < 1.29 is 14.3 Å². The van der Waals surface area contributed by atoms with Crippen molar-refractivity contribution in [2.75, 3.05) is 11.4 Å². The van der Waals surface area contributed by atoms with E-state index in [9.17, 15) is 9.59 Å². The van der Waals surface area contributed by atoms with Gasteiger partial charge in [0.2, 0.25) is 0 Å². The third-order valence-electron chi connectivity index (χ3n) is 6.06. The van der Waals surface area contributed by atoms with Gasteiger partial charge < -0.3 is 14.6 Å². The van der Waals surface area contributed by atoms with Crippen LogP contribution in [0, 0.1) is 0 Å². The number of hydrogen-bond acceptors (Lipinski definition) is 4. The van der Waals surface area contributed by atoms with Gasteiger partial charge in [-0.1, -0.05) is 55.5 Å². The average Bonchev–Trinajstić information content (AvgIpc) is 3.30. The van der Waals surface area contributed by atoms with Crippen LogP contribution in [0.15, 0.2) is 72.8 Å². The van der Waals surface area contributed by atoms with Crippen LogP contribution in [0.5, 0.6) is 0 Å². The van der Waals surface area contributed by atoms with Gasteiger partial charge in [-0.25, -0.2) is 9.78 Å². The van der Waals surface area contributed by atoms with Crippen molar-refractivity contribution in [3.05, 3.63) is 83.9 Å². The molecule has 166 valence electrons. The molecule has 4 aromatic rings. The number of fused-ring (bicyclic) bond motifs is 2. The Bertz CT molecular complexity index is 1290. The first kappa shape index (κ1) is 20.9. The van der Waals surface area contributed by atoms with Crippen LogP contribution in [0.3, 0.4) is 0 Å². The lowest BCUT2D eigenvalue weighted by atomic mass is 10.0. The number of nitrogens with zero attached hydrogens (tertiary/aromatic N) is 2. The smallest absolute Gasteiger partial charge is 0.339 e. The molecule has 1 atom stereocenters. The second kappa shape index (κ2) is 8.90. The van der Waals surface area contributed by atoms with Crippen LogP contribution in [0.1, 0.15) is 35.7 Å². The summed E-state index contributed by atoms with van der Waals surface area (Å²) in [4.78, 5) is 36.2. The van der Waals surface area contributed by atoms with Crippen LogP contribution in [-0.2, 0) is 16.0 Å². The SMILES string of the molecule is CCC(OC(=O)c1ccccc1-c1nc2ccccc2[nH]1)C(=O)N1CCCc2ccccc21. The summed E-state index contributed by atoms with van der Waals surface area (Å²) in [6.07, 6.45) is 1.38. The van der Waals surface area contributed by atoms with Crippen LogP contribution in [0.25, 0.3) is 22.4 Å². The van der Waals surface area contributed by atoms with Gasteiger partial charge in [0.25, 0.3) is 5.91 Å². The standard InChI is InChI=1S/C27H25N3O3/c1-2-24(26(31)30-17-9-11-18-10-3-8-16-23(18)30)33-27(32)20-13-5-4-12-19(20)25-28-21-14-6-7-15-22(21)29-25/h3-8,10,12-16,24H,2,9,11,17H2,1H3,(H,28,29). The fourth-order valence-electron chi connectivity index (χ4n) is 4.39. The van der Waals surface area contributed by atoms with Gasteiger partial charge in [0.15, 0.2) is 6.10 Å². The molecule has 0 saturated carbocycles. The van der Waals surface area contributed by atoms with E-state index in [0.717, 1.165) is 35.1 Å². The van der Waals surface area contributed by atoms with E-state index in [1.807, 2.05) is 67.6 Å². The number of hydrogen-bond donors (Lipinski definition) is 1. The zero-order chi connectivity index (χ0) is 22.8. The van der Waals surface area contributed by atoms with Crippen LogP contribution in [0.4, 0.5) is 5.69 Å². The van der Waals surface area contributed by atoms with Crippen LogP contribution < -0.4 is 4.90 Å². The molecule has 1 aliphatic rings. The predicted molar refractivity (Wildman–Crippen MR) is 128 cm³/mol. The van der Waals surface area contributed by atoms with Gasteiger partial charge in [0, 0.05) is 17.8 Å². The van der Waals surface area contributed by atoms with E-state index in [0.29, 0.717) is 29.9 Å². The number of aromatic nitrogens is 2. The highest BCUT2D eigenvalue weighted by Gasteiger charge is 2.31. The highest BCUT2D eigenvalue weighted by atomic mass is 16.5. The molecular weight excluding hydrogens is 414 g/mol. The molecule has 1 aliphatic heterocycles. The van der Waals surface area contributed by atoms with E-state index >= 15 is 0 Å². The van der Waals surface area contributed by atoms with Crippen molar-refractivity contribution in [3.63, 3.8) is 0 Å². The number of H-pyrrole nitrogens is 1. The molecule has 33 heavy (non-hydrogen) atoms.